The summed E-state index contributed by atoms with van der Waals surface area (Å²) >= 11 is 0. The zero-order chi connectivity index (χ0) is 26.8. The third-order valence-electron chi connectivity index (χ3n) is 6.68. The highest BCUT2D eigenvalue weighted by molar-refractivity contribution is 5.78. The topological polar surface area (TPSA) is 21.6 Å². The molecule has 198 valence electrons. The van der Waals surface area contributed by atoms with Crippen molar-refractivity contribution in [1.82, 2.24) is 4.90 Å². The van der Waals surface area contributed by atoms with Crippen molar-refractivity contribution in [2.24, 2.45) is 4.99 Å². The zero-order valence-electron chi connectivity index (χ0n) is 22.8. The average molecular weight is 517 g/mol. The highest BCUT2D eigenvalue weighted by Gasteiger charge is 2.19. The van der Waals surface area contributed by atoms with Gasteiger partial charge in [0.15, 0.2) is 38.6 Å². The Morgan fingerprint density at radius 3 is 1.79 bits per heavy atom. The van der Waals surface area contributed by atoms with Crippen molar-refractivity contribution in [3.05, 3.63) is 126 Å². The van der Waals surface area contributed by atoms with Crippen LogP contribution in [-0.2, 0) is 0 Å². The van der Waals surface area contributed by atoms with E-state index in [1.807, 2.05) is 18.4 Å². The van der Waals surface area contributed by atoms with E-state index in [0.29, 0.717) is 0 Å². The van der Waals surface area contributed by atoms with E-state index in [2.05, 4.69) is 147 Å². The number of benzene rings is 3. The molecule has 0 spiro atoms. The second-order valence-electron chi connectivity index (χ2n) is 9.58. The summed E-state index contributed by atoms with van der Waals surface area (Å²) in [6.45, 7) is 8.02. The maximum Gasteiger partial charge on any atom is 0.163 e. The second kappa shape index (κ2) is 16.6. The molecule has 1 saturated heterocycles. The number of piperazine rings is 1. The number of rotatable bonds is 12. The first-order valence-corrected chi connectivity index (χ1v) is 13.9. The van der Waals surface area contributed by atoms with E-state index in [9.17, 15) is 0 Å². The number of nitrogens with zero attached hydrogens (tertiary/aromatic N) is 4. The van der Waals surface area contributed by atoms with Gasteiger partial charge in [0.25, 0.3) is 0 Å². The Morgan fingerprint density at radius 1 is 0.667 bits per heavy atom. The van der Waals surface area contributed by atoms with Crippen molar-refractivity contribution >= 4 is 36.9 Å². The third-order valence-corrected chi connectivity index (χ3v) is 6.68. The van der Waals surface area contributed by atoms with Gasteiger partial charge in [0.1, 0.15) is 0 Å². The largest absolute Gasteiger partial charge is 0.287 e. The fraction of sp³-hybridized carbons (Fsp3) is 0.229. The van der Waals surface area contributed by atoms with Crippen LogP contribution in [0, 0.1) is 0 Å². The molecule has 0 aromatic heterocycles. The first kappa shape index (κ1) is 27.9. The van der Waals surface area contributed by atoms with E-state index >= 15 is 0 Å². The Kier molecular flexibility index (Phi) is 11.9. The molecule has 1 heterocycles. The summed E-state index contributed by atoms with van der Waals surface area (Å²) in [5.41, 5.74) is 3.64. The molecule has 1 aliphatic heterocycles. The van der Waals surface area contributed by atoms with Crippen molar-refractivity contribution in [3.63, 3.8) is 0 Å². The smallest absolute Gasteiger partial charge is 0.163 e. The van der Waals surface area contributed by atoms with Crippen LogP contribution in [0.3, 0.4) is 0 Å². The van der Waals surface area contributed by atoms with E-state index in [-0.39, 0.29) is 0 Å². The zero-order valence-corrected chi connectivity index (χ0v) is 22.8. The summed E-state index contributed by atoms with van der Waals surface area (Å²) in [6, 6.07) is 31.2. The Hall–Kier alpha value is -4.15. The van der Waals surface area contributed by atoms with Crippen LogP contribution in [0.15, 0.2) is 114 Å². The van der Waals surface area contributed by atoms with Gasteiger partial charge in [-0.15, -0.1) is 0 Å². The van der Waals surface area contributed by atoms with Crippen LogP contribution >= 0.6 is 0 Å². The summed E-state index contributed by atoms with van der Waals surface area (Å²) in [4.78, 5) is 7.19. The van der Waals surface area contributed by atoms with Gasteiger partial charge in [0, 0.05) is 18.4 Å². The molecular formula is C35H40N4+2. The van der Waals surface area contributed by atoms with Crippen molar-refractivity contribution in [1.29, 1.82) is 0 Å². The van der Waals surface area contributed by atoms with Crippen LogP contribution in [0.25, 0.3) is 18.2 Å². The van der Waals surface area contributed by atoms with Gasteiger partial charge in [-0.2, -0.15) is 0 Å². The number of hydrogen-bond donors (Lipinski definition) is 0. The number of aliphatic imine (C=N–C) groups is 1. The standard InChI is InChI=1S/C35H40N4/c1-4-13-33(14-5-1)19-10-22-36-23-26-37(24-11-20-34-15-6-2-7-16-34)27-30-39-31-28-38(29-32-39)25-12-21-35-17-8-3-9-18-35/h1-22,24-25H,23,26-32H2/q+2/b19-10+,20-11+,21-12+,36-22?,37-24?. The molecule has 4 nitrogen and oxygen atoms in total. The molecule has 3 aromatic carbocycles. The highest BCUT2D eigenvalue weighted by Crippen LogP contribution is 2.02. The molecule has 0 unspecified atom stereocenters. The average Bonchev–Trinajstić information content (AvgIpc) is 2.99. The molecule has 0 radical (unpaired) electrons. The van der Waals surface area contributed by atoms with Crippen LogP contribution < -0.4 is 0 Å². The monoisotopic (exact) mass is 516 g/mol. The summed E-state index contributed by atoms with van der Waals surface area (Å²) in [6.07, 6.45) is 19.1. The summed E-state index contributed by atoms with van der Waals surface area (Å²) in [5, 5.41) is 0. The Balaban J connectivity index is 1.26. The first-order chi connectivity index (χ1) is 19.3. The van der Waals surface area contributed by atoms with Crippen LogP contribution in [-0.4, -0.2) is 85.1 Å². The molecule has 39 heavy (non-hydrogen) atoms. The molecule has 0 atom stereocenters. The van der Waals surface area contributed by atoms with E-state index in [1.54, 1.807) is 0 Å². The van der Waals surface area contributed by atoms with Gasteiger partial charge < -0.3 is 0 Å². The minimum Gasteiger partial charge on any atom is -0.287 e. The third kappa shape index (κ3) is 11.0. The van der Waals surface area contributed by atoms with E-state index in [4.69, 9.17) is 0 Å². The first-order valence-electron chi connectivity index (χ1n) is 13.9. The second-order valence-corrected chi connectivity index (χ2v) is 9.58. The van der Waals surface area contributed by atoms with Gasteiger partial charge in [-0.05, 0) is 34.9 Å². The van der Waals surface area contributed by atoms with Crippen molar-refractivity contribution < 1.29 is 9.15 Å². The van der Waals surface area contributed by atoms with Crippen molar-refractivity contribution in [2.45, 2.75) is 0 Å². The maximum absolute atomic E-state index is 4.62. The SMILES string of the molecule is C(/C=C/c1ccccc1)=NCC[N+](=C/C=C/c1ccccc1)CCN1CC[N+](=C/C=C/c2ccccc2)CC1. The Morgan fingerprint density at radius 2 is 1.21 bits per heavy atom. The number of hydrogen-bond acceptors (Lipinski definition) is 2. The molecule has 4 heteroatoms. The van der Waals surface area contributed by atoms with E-state index in [1.165, 1.54) is 16.7 Å². The lowest BCUT2D eigenvalue weighted by Gasteiger charge is -2.24. The summed E-state index contributed by atoms with van der Waals surface area (Å²) < 4.78 is 4.80. The van der Waals surface area contributed by atoms with E-state index in [0.717, 1.165) is 52.4 Å². The van der Waals surface area contributed by atoms with Gasteiger partial charge in [0.2, 0.25) is 0 Å². The highest BCUT2D eigenvalue weighted by atomic mass is 15.2. The van der Waals surface area contributed by atoms with E-state index < -0.39 is 0 Å². The molecule has 0 aliphatic carbocycles. The Bertz CT molecular complexity index is 1280. The number of allylic oxidation sites excluding steroid dienone is 3. The minimum atomic E-state index is 0.769. The van der Waals surface area contributed by atoms with Crippen LogP contribution in [0.2, 0.25) is 0 Å². The molecule has 1 fully saturated rings. The fourth-order valence-corrected chi connectivity index (χ4v) is 4.39. The molecular weight excluding hydrogens is 476 g/mol. The predicted molar refractivity (Wildman–Crippen MR) is 168 cm³/mol. The van der Waals surface area contributed by atoms with Crippen LogP contribution in [0.1, 0.15) is 16.7 Å². The van der Waals surface area contributed by atoms with Gasteiger partial charge in [0.05, 0.1) is 26.2 Å². The molecule has 0 N–H and O–H groups in total. The predicted octanol–water partition coefficient (Wildman–Crippen LogP) is 5.68. The molecule has 0 bridgehead atoms. The lowest BCUT2D eigenvalue weighted by atomic mass is 10.2. The van der Waals surface area contributed by atoms with Crippen LogP contribution in [0.5, 0.6) is 0 Å². The van der Waals surface area contributed by atoms with Gasteiger partial charge in [-0.1, -0.05) is 97.1 Å². The van der Waals surface area contributed by atoms with Gasteiger partial charge in [-0.25, -0.2) is 9.15 Å². The summed E-state index contributed by atoms with van der Waals surface area (Å²) in [5.74, 6) is 0. The molecule has 0 amide bonds. The van der Waals surface area contributed by atoms with Crippen molar-refractivity contribution in [3.8, 4) is 0 Å². The Labute approximate surface area is 234 Å². The van der Waals surface area contributed by atoms with Gasteiger partial charge >= 0.3 is 0 Å². The molecule has 1 aliphatic rings. The van der Waals surface area contributed by atoms with Gasteiger partial charge in [-0.3, -0.25) is 9.89 Å². The molecule has 3 aromatic rings. The van der Waals surface area contributed by atoms with Crippen molar-refractivity contribution in [2.75, 3.05) is 52.4 Å². The fourth-order valence-electron chi connectivity index (χ4n) is 4.39. The molecule has 4 rings (SSSR count). The normalized spacial score (nSPS) is 15.3. The lowest BCUT2D eigenvalue weighted by molar-refractivity contribution is -0.540. The summed E-state index contributed by atoms with van der Waals surface area (Å²) in [7, 11) is 0. The van der Waals surface area contributed by atoms with Crippen LogP contribution in [0.4, 0.5) is 0 Å². The minimum absolute atomic E-state index is 0.769. The maximum atomic E-state index is 4.62. The lowest BCUT2D eigenvalue weighted by Crippen LogP contribution is -2.44. The molecule has 0 saturated carbocycles. The quantitative estimate of drug-likeness (QED) is 0.224.